The van der Waals surface area contributed by atoms with Crippen LogP contribution in [0, 0.1) is 18.3 Å². The molecule has 0 amide bonds. The lowest BCUT2D eigenvalue weighted by Crippen LogP contribution is -1.95. The maximum absolute atomic E-state index is 8.74. The van der Waals surface area contributed by atoms with Crippen molar-refractivity contribution in [3.05, 3.63) is 47.7 Å². The Balaban J connectivity index is 2.32. The first-order valence-corrected chi connectivity index (χ1v) is 5.11. The average Bonchev–Trinajstić information content (AvgIpc) is 2.35. The van der Waals surface area contributed by atoms with Gasteiger partial charge >= 0.3 is 0 Å². The Hall–Kier alpha value is -2.54. The summed E-state index contributed by atoms with van der Waals surface area (Å²) in [4.78, 5) is 4.03. The fraction of sp³-hybridized carbons (Fsp3) is 0.0769. The third-order valence-electron chi connectivity index (χ3n) is 2.38. The lowest BCUT2D eigenvalue weighted by atomic mass is 10.2. The molecule has 1 aromatic carbocycles. The van der Waals surface area contributed by atoms with Crippen LogP contribution in [0.3, 0.4) is 0 Å². The molecular weight excluding hydrogens is 214 g/mol. The Bertz CT molecular complexity index is 587. The molecule has 84 valence electrons. The van der Waals surface area contributed by atoms with Crippen LogP contribution in [0.1, 0.15) is 11.3 Å². The Labute approximate surface area is 99.3 Å². The summed E-state index contributed by atoms with van der Waals surface area (Å²) in [6.45, 7) is 1.87. The van der Waals surface area contributed by atoms with Gasteiger partial charge in [-0.2, -0.15) is 5.26 Å². The molecule has 0 saturated heterocycles. The number of hydrogen-bond donors (Lipinski definition) is 1. The lowest BCUT2D eigenvalue weighted by Gasteiger charge is -2.09. The molecule has 2 aromatic rings. The quantitative estimate of drug-likeness (QED) is 0.797. The highest BCUT2D eigenvalue weighted by molar-refractivity contribution is 5.53. The van der Waals surface area contributed by atoms with Crippen molar-refractivity contribution in [3.63, 3.8) is 0 Å². The van der Waals surface area contributed by atoms with E-state index in [1.165, 1.54) is 0 Å². The number of nitriles is 1. The zero-order valence-electron chi connectivity index (χ0n) is 9.34. The minimum absolute atomic E-state index is 0.323. The molecule has 0 fully saturated rings. The van der Waals surface area contributed by atoms with Crippen LogP contribution in [0.4, 0.5) is 5.69 Å². The maximum Gasteiger partial charge on any atom is 0.220 e. The average molecular weight is 225 g/mol. The van der Waals surface area contributed by atoms with Crippen LogP contribution < -0.4 is 10.5 Å². The van der Waals surface area contributed by atoms with Gasteiger partial charge in [-0.25, -0.2) is 4.98 Å². The SMILES string of the molecule is Cc1c(N)cccc1Oc1cccc(C#N)n1. The van der Waals surface area contributed by atoms with Gasteiger partial charge in [0.05, 0.1) is 0 Å². The van der Waals surface area contributed by atoms with E-state index >= 15 is 0 Å². The number of pyridine rings is 1. The minimum atomic E-state index is 0.323. The fourth-order valence-corrected chi connectivity index (χ4v) is 1.39. The first-order chi connectivity index (χ1) is 8.20. The van der Waals surface area contributed by atoms with Gasteiger partial charge in [-0.05, 0) is 25.1 Å². The van der Waals surface area contributed by atoms with Crippen LogP contribution >= 0.6 is 0 Å². The van der Waals surface area contributed by atoms with Crippen LogP contribution in [0.2, 0.25) is 0 Å². The summed E-state index contributed by atoms with van der Waals surface area (Å²) in [7, 11) is 0. The topological polar surface area (TPSA) is 71.9 Å². The van der Waals surface area contributed by atoms with Gasteiger partial charge in [-0.1, -0.05) is 12.1 Å². The maximum atomic E-state index is 8.74. The minimum Gasteiger partial charge on any atom is -0.439 e. The second kappa shape index (κ2) is 4.54. The highest BCUT2D eigenvalue weighted by atomic mass is 16.5. The van der Waals surface area contributed by atoms with Gasteiger partial charge in [0.1, 0.15) is 17.5 Å². The van der Waals surface area contributed by atoms with Gasteiger partial charge in [0.2, 0.25) is 5.88 Å². The number of anilines is 1. The predicted octanol–water partition coefficient (Wildman–Crippen LogP) is 2.64. The number of nitrogens with two attached hydrogens (primary N) is 1. The predicted molar refractivity (Wildman–Crippen MR) is 64.6 cm³/mol. The van der Waals surface area contributed by atoms with Crippen LogP contribution in [0.15, 0.2) is 36.4 Å². The van der Waals surface area contributed by atoms with Crippen molar-refractivity contribution < 1.29 is 4.74 Å². The molecule has 0 aliphatic rings. The van der Waals surface area contributed by atoms with Crippen molar-refractivity contribution >= 4 is 5.69 Å². The van der Waals surface area contributed by atoms with E-state index in [9.17, 15) is 0 Å². The monoisotopic (exact) mass is 225 g/mol. The first kappa shape index (κ1) is 11.0. The molecule has 0 atom stereocenters. The standard InChI is InChI=1S/C13H11N3O/c1-9-11(15)5-3-6-12(9)17-13-7-2-4-10(8-14)16-13/h2-7H,15H2,1H3. The summed E-state index contributed by atoms with van der Waals surface area (Å²) in [5.74, 6) is 1.03. The Morgan fingerprint density at radius 1 is 1.24 bits per heavy atom. The summed E-state index contributed by atoms with van der Waals surface area (Å²) < 4.78 is 5.59. The van der Waals surface area contributed by atoms with E-state index in [1.54, 1.807) is 24.3 Å². The van der Waals surface area contributed by atoms with E-state index in [2.05, 4.69) is 4.98 Å². The molecule has 0 saturated carbocycles. The van der Waals surface area contributed by atoms with Crippen molar-refractivity contribution in [2.45, 2.75) is 6.92 Å². The van der Waals surface area contributed by atoms with Crippen LogP contribution in [-0.4, -0.2) is 4.98 Å². The van der Waals surface area contributed by atoms with Gasteiger partial charge < -0.3 is 10.5 Å². The second-order valence-electron chi connectivity index (χ2n) is 3.55. The van der Waals surface area contributed by atoms with E-state index in [1.807, 2.05) is 25.1 Å². The van der Waals surface area contributed by atoms with Crippen molar-refractivity contribution in [1.82, 2.24) is 4.98 Å². The normalized spacial score (nSPS) is 9.65. The Morgan fingerprint density at radius 3 is 2.76 bits per heavy atom. The summed E-state index contributed by atoms with van der Waals surface area (Å²) in [5.41, 5.74) is 7.62. The molecule has 2 N–H and O–H groups in total. The van der Waals surface area contributed by atoms with Crippen LogP contribution in [0.25, 0.3) is 0 Å². The lowest BCUT2D eigenvalue weighted by molar-refractivity contribution is 0.459. The second-order valence-corrected chi connectivity index (χ2v) is 3.55. The molecule has 0 aliphatic carbocycles. The molecular formula is C13H11N3O. The summed E-state index contributed by atoms with van der Waals surface area (Å²) in [6.07, 6.45) is 0. The molecule has 1 heterocycles. The van der Waals surface area contributed by atoms with E-state index in [-0.39, 0.29) is 0 Å². The Morgan fingerprint density at radius 2 is 2.00 bits per heavy atom. The van der Waals surface area contributed by atoms with Crippen LogP contribution in [0.5, 0.6) is 11.6 Å². The van der Waals surface area contributed by atoms with Gasteiger partial charge in [-0.3, -0.25) is 0 Å². The Kier molecular flexibility index (Phi) is 2.93. The first-order valence-electron chi connectivity index (χ1n) is 5.11. The molecule has 4 nitrogen and oxygen atoms in total. The number of ether oxygens (including phenoxy) is 1. The summed E-state index contributed by atoms with van der Waals surface area (Å²) in [5, 5.41) is 8.74. The largest absolute Gasteiger partial charge is 0.439 e. The highest BCUT2D eigenvalue weighted by Crippen LogP contribution is 2.27. The third kappa shape index (κ3) is 2.34. The molecule has 0 bridgehead atoms. The number of rotatable bonds is 2. The molecule has 4 heteroatoms. The van der Waals surface area contributed by atoms with Gasteiger partial charge in [0.25, 0.3) is 0 Å². The van der Waals surface area contributed by atoms with E-state index in [4.69, 9.17) is 15.7 Å². The molecule has 17 heavy (non-hydrogen) atoms. The molecule has 0 radical (unpaired) electrons. The summed E-state index contributed by atoms with van der Waals surface area (Å²) in [6, 6.07) is 12.4. The van der Waals surface area contributed by atoms with E-state index in [0.29, 0.717) is 23.0 Å². The number of benzene rings is 1. The molecule has 2 rings (SSSR count). The van der Waals surface area contributed by atoms with Gasteiger partial charge in [0.15, 0.2) is 0 Å². The molecule has 0 aliphatic heterocycles. The van der Waals surface area contributed by atoms with Gasteiger partial charge in [-0.15, -0.1) is 0 Å². The number of nitrogens with zero attached hydrogens (tertiary/aromatic N) is 2. The molecule has 0 unspecified atom stereocenters. The molecule has 1 aromatic heterocycles. The molecule has 0 spiro atoms. The van der Waals surface area contributed by atoms with Crippen molar-refractivity contribution in [1.29, 1.82) is 5.26 Å². The zero-order chi connectivity index (χ0) is 12.3. The van der Waals surface area contributed by atoms with E-state index in [0.717, 1.165) is 5.56 Å². The van der Waals surface area contributed by atoms with Crippen molar-refractivity contribution in [2.24, 2.45) is 0 Å². The van der Waals surface area contributed by atoms with Crippen molar-refractivity contribution in [2.75, 3.05) is 5.73 Å². The number of hydrogen-bond acceptors (Lipinski definition) is 4. The van der Waals surface area contributed by atoms with E-state index < -0.39 is 0 Å². The van der Waals surface area contributed by atoms with Crippen molar-refractivity contribution in [3.8, 4) is 17.7 Å². The highest BCUT2D eigenvalue weighted by Gasteiger charge is 2.05. The zero-order valence-corrected chi connectivity index (χ0v) is 9.34. The summed E-state index contributed by atoms with van der Waals surface area (Å²) >= 11 is 0. The van der Waals surface area contributed by atoms with Crippen LogP contribution in [-0.2, 0) is 0 Å². The third-order valence-corrected chi connectivity index (χ3v) is 2.38. The smallest absolute Gasteiger partial charge is 0.220 e. The fourth-order valence-electron chi connectivity index (χ4n) is 1.39. The number of aromatic nitrogens is 1. The van der Waals surface area contributed by atoms with Gasteiger partial charge in [0, 0.05) is 17.3 Å². The number of nitrogen functional groups attached to an aromatic ring is 1.